The second-order valence-corrected chi connectivity index (χ2v) is 6.87. The van der Waals surface area contributed by atoms with E-state index in [9.17, 15) is 8.42 Å². The van der Waals surface area contributed by atoms with E-state index in [0.717, 1.165) is 12.8 Å². The van der Waals surface area contributed by atoms with E-state index in [4.69, 9.17) is 0 Å². The Balaban J connectivity index is 2.34. The average molecular weight is 263 g/mol. The third-order valence-corrected chi connectivity index (χ3v) is 4.50. The standard InChI is InChI=1S/C11H25N3O2S/c1-10(2)12-6-7-13-17(15,16)14-8-4-5-11(3)9-14/h10-13H,4-9H2,1-3H3. The number of piperidine rings is 1. The molecule has 1 fully saturated rings. The van der Waals surface area contributed by atoms with Crippen molar-refractivity contribution in [3.63, 3.8) is 0 Å². The summed E-state index contributed by atoms with van der Waals surface area (Å²) in [6.07, 6.45) is 2.09. The summed E-state index contributed by atoms with van der Waals surface area (Å²) in [7, 11) is -3.27. The highest BCUT2D eigenvalue weighted by Gasteiger charge is 2.26. The summed E-state index contributed by atoms with van der Waals surface area (Å²) in [5.74, 6) is 0.467. The summed E-state index contributed by atoms with van der Waals surface area (Å²) in [5.41, 5.74) is 0. The zero-order valence-corrected chi connectivity index (χ0v) is 11.9. The predicted octanol–water partition coefficient (Wildman–Crippen LogP) is 0.551. The van der Waals surface area contributed by atoms with Crippen LogP contribution in [-0.2, 0) is 10.2 Å². The molecule has 0 saturated carbocycles. The molecule has 0 bridgehead atoms. The van der Waals surface area contributed by atoms with Crippen LogP contribution in [0.4, 0.5) is 0 Å². The predicted molar refractivity (Wildman–Crippen MR) is 70.0 cm³/mol. The molecule has 1 atom stereocenters. The first-order valence-corrected chi connectivity index (χ1v) is 7.84. The molecule has 1 rings (SSSR count). The Kier molecular flexibility index (Phi) is 5.85. The molecular formula is C11H25N3O2S. The Bertz CT molecular complexity index is 317. The molecule has 5 nitrogen and oxygen atoms in total. The minimum absolute atomic E-state index is 0.384. The van der Waals surface area contributed by atoms with Gasteiger partial charge in [-0.15, -0.1) is 0 Å². The highest BCUT2D eigenvalue weighted by molar-refractivity contribution is 7.87. The molecule has 102 valence electrons. The van der Waals surface area contributed by atoms with Crippen molar-refractivity contribution in [1.29, 1.82) is 0 Å². The average Bonchev–Trinajstić information content (AvgIpc) is 2.24. The molecule has 0 spiro atoms. The zero-order chi connectivity index (χ0) is 12.9. The van der Waals surface area contributed by atoms with Gasteiger partial charge in [0.2, 0.25) is 0 Å². The van der Waals surface area contributed by atoms with Crippen LogP contribution in [0.25, 0.3) is 0 Å². The van der Waals surface area contributed by atoms with Crippen LogP contribution >= 0.6 is 0 Å². The van der Waals surface area contributed by atoms with Crippen LogP contribution in [0.15, 0.2) is 0 Å². The SMILES string of the molecule is CC1CCCN(S(=O)(=O)NCCNC(C)C)C1. The summed E-state index contributed by atoms with van der Waals surface area (Å²) < 4.78 is 28.1. The molecule has 1 aliphatic rings. The highest BCUT2D eigenvalue weighted by Crippen LogP contribution is 2.17. The van der Waals surface area contributed by atoms with Crippen LogP contribution in [0.1, 0.15) is 33.6 Å². The molecule has 2 N–H and O–H groups in total. The lowest BCUT2D eigenvalue weighted by Gasteiger charge is -2.30. The van der Waals surface area contributed by atoms with Crippen molar-refractivity contribution in [1.82, 2.24) is 14.3 Å². The quantitative estimate of drug-likeness (QED) is 0.688. The van der Waals surface area contributed by atoms with Crippen LogP contribution in [0.5, 0.6) is 0 Å². The molecule has 17 heavy (non-hydrogen) atoms. The molecule has 0 amide bonds. The van der Waals surface area contributed by atoms with Gasteiger partial charge in [-0.25, -0.2) is 4.72 Å². The van der Waals surface area contributed by atoms with Gasteiger partial charge in [-0.2, -0.15) is 12.7 Å². The Morgan fingerprint density at radius 3 is 2.65 bits per heavy atom. The minimum Gasteiger partial charge on any atom is -0.313 e. The molecule has 0 aromatic rings. The van der Waals surface area contributed by atoms with Gasteiger partial charge in [-0.3, -0.25) is 0 Å². The molecule has 0 radical (unpaired) electrons. The van der Waals surface area contributed by atoms with Crippen molar-refractivity contribution in [3.05, 3.63) is 0 Å². The van der Waals surface area contributed by atoms with Crippen LogP contribution in [0.2, 0.25) is 0 Å². The molecule has 0 aromatic carbocycles. The van der Waals surface area contributed by atoms with Gasteiger partial charge in [0.05, 0.1) is 0 Å². The lowest BCUT2D eigenvalue weighted by molar-refractivity contribution is 0.278. The molecule has 6 heteroatoms. The third-order valence-electron chi connectivity index (χ3n) is 2.92. The van der Waals surface area contributed by atoms with Gasteiger partial charge in [-0.1, -0.05) is 20.8 Å². The summed E-state index contributed by atoms with van der Waals surface area (Å²) in [5, 5.41) is 3.18. The van der Waals surface area contributed by atoms with Gasteiger partial charge in [0.1, 0.15) is 0 Å². The van der Waals surface area contributed by atoms with Gasteiger partial charge < -0.3 is 5.32 Å². The Morgan fingerprint density at radius 1 is 1.35 bits per heavy atom. The number of rotatable bonds is 6. The van der Waals surface area contributed by atoms with Crippen molar-refractivity contribution < 1.29 is 8.42 Å². The molecule has 1 heterocycles. The van der Waals surface area contributed by atoms with Crippen LogP contribution < -0.4 is 10.0 Å². The number of nitrogens with zero attached hydrogens (tertiary/aromatic N) is 1. The molecule has 1 unspecified atom stereocenters. The molecule has 0 aromatic heterocycles. The van der Waals surface area contributed by atoms with Crippen molar-refractivity contribution in [2.75, 3.05) is 26.2 Å². The lowest BCUT2D eigenvalue weighted by atomic mass is 10.0. The second-order valence-electron chi connectivity index (χ2n) is 5.11. The van der Waals surface area contributed by atoms with Gasteiger partial charge in [-0.05, 0) is 18.8 Å². The van der Waals surface area contributed by atoms with E-state index < -0.39 is 10.2 Å². The summed E-state index contributed by atoms with van der Waals surface area (Å²) >= 11 is 0. The van der Waals surface area contributed by atoms with E-state index in [2.05, 4.69) is 17.0 Å². The number of hydrogen-bond acceptors (Lipinski definition) is 3. The first-order chi connectivity index (χ1) is 7.92. The number of nitrogens with one attached hydrogen (secondary N) is 2. The van der Waals surface area contributed by atoms with Crippen LogP contribution in [-0.4, -0.2) is 44.9 Å². The van der Waals surface area contributed by atoms with Gasteiger partial charge >= 0.3 is 0 Å². The fraction of sp³-hybridized carbons (Fsp3) is 1.00. The minimum atomic E-state index is -3.27. The monoisotopic (exact) mass is 263 g/mol. The summed E-state index contributed by atoms with van der Waals surface area (Å²) in [6, 6.07) is 0.384. The molecular weight excluding hydrogens is 238 g/mol. The summed E-state index contributed by atoms with van der Waals surface area (Å²) in [6.45, 7) is 8.60. The number of hydrogen-bond donors (Lipinski definition) is 2. The van der Waals surface area contributed by atoms with Crippen molar-refractivity contribution in [2.45, 2.75) is 39.7 Å². The van der Waals surface area contributed by atoms with Gasteiger partial charge in [0.25, 0.3) is 10.2 Å². The van der Waals surface area contributed by atoms with Gasteiger partial charge in [0.15, 0.2) is 0 Å². The fourth-order valence-corrected chi connectivity index (χ4v) is 3.36. The van der Waals surface area contributed by atoms with Crippen LogP contribution in [0, 0.1) is 5.92 Å². The Hall–Kier alpha value is -0.170. The lowest BCUT2D eigenvalue weighted by Crippen LogP contribution is -2.47. The Labute approximate surface area is 105 Å². The van der Waals surface area contributed by atoms with E-state index >= 15 is 0 Å². The topological polar surface area (TPSA) is 61.4 Å². The van der Waals surface area contributed by atoms with E-state index in [1.807, 2.05) is 13.8 Å². The first-order valence-electron chi connectivity index (χ1n) is 6.40. The molecule has 1 aliphatic heterocycles. The van der Waals surface area contributed by atoms with Crippen molar-refractivity contribution >= 4 is 10.2 Å². The largest absolute Gasteiger partial charge is 0.313 e. The maximum atomic E-state index is 12.0. The first kappa shape index (κ1) is 14.9. The fourth-order valence-electron chi connectivity index (χ4n) is 2.00. The van der Waals surface area contributed by atoms with Crippen molar-refractivity contribution in [3.8, 4) is 0 Å². The Morgan fingerprint density at radius 2 is 2.06 bits per heavy atom. The molecule has 0 aliphatic carbocycles. The smallest absolute Gasteiger partial charge is 0.279 e. The van der Waals surface area contributed by atoms with Crippen LogP contribution in [0.3, 0.4) is 0 Å². The third kappa shape index (κ3) is 5.33. The van der Waals surface area contributed by atoms with Gasteiger partial charge in [0, 0.05) is 32.2 Å². The van der Waals surface area contributed by atoms with E-state index in [0.29, 0.717) is 38.1 Å². The maximum absolute atomic E-state index is 12.0. The van der Waals surface area contributed by atoms with E-state index in [1.165, 1.54) is 0 Å². The van der Waals surface area contributed by atoms with E-state index in [-0.39, 0.29) is 0 Å². The zero-order valence-electron chi connectivity index (χ0n) is 11.1. The molecule has 1 saturated heterocycles. The maximum Gasteiger partial charge on any atom is 0.279 e. The van der Waals surface area contributed by atoms with E-state index in [1.54, 1.807) is 4.31 Å². The summed E-state index contributed by atoms with van der Waals surface area (Å²) in [4.78, 5) is 0. The second kappa shape index (κ2) is 6.68. The van der Waals surface area contributed by atoms with Crippen molar-refractivity contribution in [2.24, 2.45) is 5.92 Å². The normalized spacial score (nSPS) is 23.2. The highest BCUT2D eigenvalue weighted by atomic mass is 32.2.